The van der Waals surface area contributed by atoms with Crippen LogP contribution in [0.5, 0.6) is 0 Å². The Hall–Kier alpha value is -11.1. The summed E-state index contributed by atoms with van der Waals surface area (Å²) in [5.74, 6) is -2.56. The van der Waals surface area contributed by atoms with E-state index in [4.69, 9.17) is 36.9 Å². The third-order valence-electron chi connectivity index (χ3n) is 19.8. The van der Waals surface area contributed by atoms with Crippen molar-refractivity contribution in [2.75, 3.05) is 68.3 Å². The summed E-state index contributed by atoms with van der Waals surface area (Å²) in [5, 5.41) is 18.0. The minimum atomic E-state index is -0.706. The molecule has 26 nitrogen and oxygen atoms in total. The number of aromatic nitrogens is 10. The smallest absolute Gasteiger partial charge is 0.414 e. The molecule has 0 bridgehead atoms. The molecular formula is C81H79Br2F2N13O13. The van der Waals surface area contributed by atoms with Crippen molar-refractivity contribution in [1.29, 1.82) is 0 Å². The van der Waals surface area contributed by atoms with E-state index in [0.29, 0.717) is 77.1 Å². The Morgan fingerprint density at radius 3 is 1.46 bits per heavy atom. The van der Waals surface area contributed by atoms with Gasteiger partial charge in [0, 0.05) is 141 Å². The van der Waals surface area contributed by atoms with Gasteiger partial charge < -0.3 is 42.3 Å². The van der Waals surface area contributed by atoms with Crippen LogP contribution >= 0.6 is 31.9 Å². The van der Waals surface area contributed by atoms with Gasteiger partial charge in [-0.2, -0.15) is 29.1 Å². The highest BCUT2D eigenvalue weighted by molar-refractivity contribution is 9.10. The molecule has 0 radical (unpaired) electrons. The lowest BCUT2D eigenvalue weighted by Crippen LogP contribution is -2.35. The van der Waals surface area contributed by atoms with E-state index < -0.39 is 35.6 Å². The number of nitrogens with zero attached hydrogens (tertiary/aromatic N) is 12. The van der Waals surface area contributed by atoms with E-state index in [0.717, 1.165) is 141 Å². The molecule has 3 fully saturated rings. The van der Waals surface area contributed by atoms with Crippen molar-refractivity contribution >= 4 is 117 Å². The van der Waals surface area contributed by atoms with E-state index in [1.807, 2.05) is 101 Å². The standard InChI is InChI=1S/C27H26BrFN4O5.C27H26BrN5O3.C27H27FN4O5/c1-3-36-27(35)33(11-10-18-5-4-12-37-18)23-19-13-16(20-15-31-32(2)26(20)28)6-8-21(19)38-25(23)24(34)17-7-9-22(29)30-14-17;1-29-18-8-5-16(6-9-18)23-25-24(33(27(34)31-23)12-11-19-4-3-13-35-19)20-14-17(7-10-22(20)36-25)21-15-30-32(2)26(21)28;1-3-35-27(34)32(11-10-20-5-4-12-36-20)24-21-13-17(19-15-30-31(2)16-19)6-8-22(21)37-26(24)25(33)18-7-9-23(28)29-14-18/h6-9,13-15,18H,3-5,10-12H2,1-2H3;5-10,14-15,19,29H,3-4,11-13H2,1-2H3;6-9,13-16,20H,3-5,10-12H2,1-2H3. The normalized spacial score (nSPS) is 15.4. The molecule has 0 aliphatic carbocycles. The number of fused-ring (bicyclic) bond motifs is 5. The molecule has 0 spiro atoms. The highest BCUT2D eigenvalue weighted by atomic mass is 79.9. The number of ether oxygens (including phenoxy) is 5. The van der Waals surface area contributed by atoms with Crippen LogP contribution in [0.4, 0.5) is 35.4 Å². The summed E-state index contributed by atoms with van der Waals surface area (Å²) in [4.78, 5) is 81.8. The number of carbonyl (C=O) groups excluding carboxylic acids is 4. The summed E-state index contributed by atoms with van der Waals surface area (Å²) in [6.07, 6.45) is 16.1. The Labute approximate surface area is 651 Å². The lowest BCUT2D eigenvalue weighted by Gasteiger charge is -2.23. The number of anilines is 3. The van der Waals surface area contributed by atoms with Crippen molar-refractivity contribution in [2.45, 2.75) is 96.5 Å². The van der Waals surface area contributed by atoms with Crippen molar-refractivity contribution in [2.24, 2.45) is 21.1 Å². The summed E-state index contributed by atoms with van der Waals surface area (Å²) in [6, 6.07) is 29.7. The van der Waals surface area contributed by atoms with Crippen molar-refractivity contribution in [1.82, 2.24) is 48.9 Å². The fourth-order valence-corrected chi connectivity index (χ4v) is 14.9. The van der Waals surface area contributed by atoms with Gasteiger partial charge in [-0.15, -0.1) is 0 Å². The molecule has 12 heterocycles. The molecule has 4 aromatic carbocycles. The summed E-state index contributed by atoms with van der Waals surface area (Å²) < 4.78 is 82.1. The number of benzene rings is 4. The minimum absolute atomic E-state index is 0.00690. The molecule has 2 amide bonds. The van der Waals surface area contributed by atoms with Gasteiger partial charge in [0.2, 0.25) is 23.5 Å². The second kappa shape index (κ2) is 34.1. The van der Waals surface area contributed by atoms with Gasteiger partial charge in [0.25, 0.3) is 0 Å². The predicted molar refractivity (Wildman–Crippen MR) is 420 cm³/mol. The molecule has 3 saturated heterocycles. The van der Waals surface area contributed by atoms with Crippen LogP contribution in [0.2, 0.25) is 0 Å². The van der Waals surface area contributed by atoms with Gasteiger partial charge in [0.15, 0.2) is 17.1 Å². The van der Waals surface area contributed by atoms with Crippen LogP contribution in [0.3, 0.4) is 0 Å². The van der Waals surface area contributed by atoms with Crippen LogP contribution in [-0.2, 0) is 51.4 Å². The predicted octanol–water partition coefficient (Wildman–Crippen LogP) is 16.6. The van der Waals surface area contributed by atoms with Crippen molar-refractivity contribution in [3.63, 3.8) is 0 Å². The van der Waals surface area contributed by atoms with Crippen LogP contribution < -0.4 is 20.8 Å². The number of halogens is 4. The first-order chi connectivity index (χ1) is 53.8. The van der Waals surface area contributed by atoms with Gasteiger partial charge >= 0.3 is 17.9 Å². The first-order valence-electron chi connectivity index (χ1n) is 36.6. The molecule has 13 aromatic rings. The van der Waals surface area contributed by atoms with E-state index in [1.54, 1.807) is 57.0 Å². The van der Waals surface area contributed by atoms with E-state index in [1.165, 1.54) is 21.9 Å². The van der Waals surface area contributed by atoms with Crippen LogP contribution in [0.25, 0.3) is 88.6 Å². The second-order valence-electron chi connectivity index (χ2n) is 26.9. The Morgan fingerprint density at radius 1 is 0.559 bits per heavy atom. The molecular weight excluding hydrogens is 1560 g/mol. The number of pyridine rings is 2. The van der Waals surface area contributed by atoms with E-state index in [-0.39, 0.29) is 78.6 Å². The topological polar surface area (TPSA) is 286 Å². The first-order valence-corrected chi connectivity index (χ1v) is 38.2. The molecule has 3 unspecified atom stereocenters. The molecule has 574 valence electrons. The van der Waals surface area contributed by atoms with Crippen LogP contribution in [0.15, 0.2) is 168 Å². The fraction of sp³-hybridized carbons (Fsp3) is 0.321. The second-order valence-corrected chi connectivity index (χ2v) is 28.4. The van der Waals surface area contributed by atoms with Gasteiger partial charge in [-0.1, -0.05) is 30.3 Å². The molecule has 0 saturated carbocycles. The number of hydrogen-bond donors (Lipinski definition) is 1. The number of ketones is 2. The molecule has 1 N–H and O–H groups in total. The molecule has 3 aliphatic heterocycles. The summed E-state index contributed by atoms with van der Waals surface area (Å²) in [6.45, 7) is 6.95. The third-order valence-corrected chi connectivity index (χ3v) is 21.6. The fourth-order valence-electron chi connectivity index (χ4n) is 14.1. The third kappa shape index (κ3) is 16.6. The maximum absolute atomic E-state index is 13.6. The van der Waals surface area contributed by atoms with Crippen molar-refractivity contribution in [3.05, 3.63) is 195 Å². The SMILES string of the molecule is CCOC(=O)N(CCC1CCCO1)c1c(C(=O)c2ccc(F)nc2)oc2ccc(-c3cnn(C)c3)cc12.CCOC(=O)N(CCC1CCCO1)c1c(C(=O)c2ccc(F)nc2)oc2ccc(-c3cnn(C)c3Br)cc12.CNc1ccc(-c2nc(=O)n(CCC3CCCO3)c3c2oc2ccc(-c4cnn(C)c4Br)cc23)cc1. The van der Waals surface area contributed by atoms with E-state index >= 15 is 0 Å². The van der Waals surface area contributed by atoms with E-state index in [9.17, 15) is 32.8 Å². The molecule has 111 heavy (non-hydrogen) atoms. The zero-order chi connectivity index (χ0) is 77.6. The quantitative estimate of drug-likeness (QED) is 0.0487. The Morgan fingerprint density at radius 2 is 1.03 bits per heavy atom. The first kappa shape index (κ1) is 76.7. The highest BCUT2D eigenvalue weighted by Crippen LogP contribution is 2.43. The van der Waals surface area contributed by atoms with Crippen LogP contribution in [0, 0.1) is 11.9 Å². The van der Waals surface area contributed by atoms with Crippen molar-refractivity contribution < 1.29 is 64.9 Å². The number of aryl methyl sites for hydroxylation is 4. The maximum Gasteiger partial charge on any atom is 0.414 e. The zero-order valence-corrected chi connectivity index (χ0v) is 64.9. The number of hydrogen-bond acceptors (Lipinski definition) is 20. The monoisotopic (exact) mass is 1640 g/mol. The molecule has 16 rings (SSSR count). The average Bonchev–Trinajstić information content (AvgIpc) is 1.61. The number of amides is 2. The summed E-state index contributed by atoms with van der Waals surface area (Å²) in [5.41, 5.74) is 11.1. The Kier molecular flexibility index (Phi) is 23.5. The van der Waals surface area contributed by atoms with Gasteiger partial charge in [-0.25, -0.2) is 24.4 Å². The molecule has 3 aliphatic rings. The lowest BCUT2D eigenvalue weighted by molar-refractivity contribution is 0.100. The highest BCUT2D eigenvalue weighted by Gasteiger charge is 2.35. The number of rotatable bonds is 22. The van der Waals surface area contributed by atoms with Crippen LogP contribution in [0.1, 0.15) is 104 Å². The van der Waals surface area contributed by atoms with Gasteiger partial charge in [0.1, 0.15) is 48.5 Å². The van der Waals surface area contributed by atoms with Crippen molar-refractivity contribution in [3.8, 4) is 44.6 Å². The van der Waals surface area contributed by atoms with Gasteiger partial charge in [-0.05, 0) is 193 Å². The number of nitrogens with one attached hydrogen (secondary N) is 1. The minimum Gasteiger partial charge on any atom is -0.452 e. The van der Waals surface area contributed by atoms with Gasteiger partial charge in [-0.3, -0.25) is 38.0 Å². The summed E-state index contributed by atoms with van der Waals surface area (Å²) in [7, 11) is 7.40. The Bertz CT molecular complexity index is 5620. The van der Waals surface area contributed by atoms with E-state index in [2.05, 4.69) is 73.5 Å². The van der Waals surface area contributed by atoms with Crippen LogP contribution in [-0.4, -0.2) is 144 Å². The number of furan rings is 3. The average molecular weight is 1640 g/mol. The maximum atomic E-state index is 13.6. The molecule has 30 heteroatoms. The number of carbonyl (C=O) groups is 4. The molecule has 3 atom stereocenters. The molecule has 9 aromatic heterocycles. The van der Waals surface area contributed by atoms with Gasteiger partial charge in [0.05, 0.1) is 50.1 Å². The summed E-state index contributed by atoms with van der Waals surface area (Å²) >= 11 is 7.18. The largest absolute Gasteiger partial charge is 0.452 e. The lowest BCUT2D eigenvalue weighted by atomic mass is 10.0. The Balaban J connectivity index is 0.000000139. The zero-order valence-electron chi connectivity index (χ0n) is 61.7.